The molecule has 0 bridgehead atoms. The van der Waals surface area contributed by atoms with Crippen LogP contribution in [-0.4, -0.2) is 54.1 Å². The van der Waals surface area contributed by atoms with E-state index in [-0.39, 0.29) is 11.6 Å². The van der Waals surface area contributed by atoms with Gasteiger partial charge in [0, 0.05) is 56.8 Å². The van der Waals surface area contributed by atoms with Crippen molar-refractivity contribution < 1.29 is 4.74 Å². The van der Waals surface area contributed by atoms with Crippen LogP contribution in [-0.2, 0) is 11.3 Å². The van der Waals surface area contributed by atoms with Gasteiger partial charge in [-0.15, -0.1) is 0 Å². The highest BCUT2D eigenvalue weighted by Gasteiger charge is 2.34. The van der Waals surface area contributed by atoms with Gasteiger partial charge in [-0.1, -0.05) is 30.3 Å². The summed E-state index contributed by atoms with van der Waals surface area (Å²) in [6.45, 7) is 9.20. The van der Waals surface area contributed by atoms with E-state index in [4.69, 9.17) is 9.73 Å². The Bertz CT molecular complexity index is 740. The van der Waals surface area contributed by atoms with Crippen molar-refractivity contribution in [2.24, 2.45) is 4.99 Å². The van der Waals surface area contributed by atoms with E-state index in [9.17, 15) is 0 Å². The second-order valence-corrected chi connectivity index (χ2v) is 7.91. The highest BCUT2D eigenvalue weighted by molar-refractivity contribution is 5.79. The van der Waals surface area contributed by atoms with E-state index in [1.54, 1.807) is 0 Å². The molecule has 1 aromatic heterocycles. The fourth-order valence-electron chi connectivity index (χ4n) is 3.85. The molecule has 1 fully saturated rings. The topological polar surface area (TPSA) is 75.5 Å². The van der Waals surface area contributed by atoms with Gasteiger partial charge in [-0.25, -0.2) is 0 Å². The first kappa shape index (κ1) is 22.3. The van der Waals surface area contributed by atoms with E-state index in [0.717, 1.165) is 64.6 Å². The first-order chi connectivity index (χ1) is 14.7. The van der Waals surface area contributed by atoms with Crippen molar-refractivity contribution in [3.63, 3.8) is 0 Å². The van der Waals surface area contributed by atoms with Gasteiger partial charge in [-0.05, 0) is 44.7 Å². The smallest absolute Gasteiger partial charge is 0.191 e. The summed E-state index contributed by atoms with van der Waals surface area (Å²) in [6.07, 6.45) is 6.73. The maximum atomic E-state index is 5.65. The Balaban J connectivity index is 1.58. The number of aliphatic imine (C=N–C) groups is 1. The maximum Gasteiger partial charge on any atom is 0.191 e. The Labute approximate surface area is 180 Å². The number of ether oxygens (including phenoxy) is 1. The summed E-state index contributed by atoms with van der Waals surface area (Å²) in [5.41, 5.74) is 1.25. The van der Waals surface area contributed by atoms with Crippen LogP contribution in [0.2, 0.25) is 0 Å². The lowest BCUT2D eigenvalue weighted by atomic mass is 9.88. The van der Waals surface area contributed by atoms with E-state index in [0.29, 0.717) is 0 Å². The first-order valence-electron chi connectivity index (χ1n) is 11.1. The SMILES string of the molecule is CCNC(=NCC1(NC(C)c2ccccc2)CCOCC1)NCCCn1cccn1. The minimum atomic E-state index is -0.0507. The van der Waals surface area contributed by atoms with Crippen molar-refractivity contribution in [1.82, 2.24) is 25.7 Å². The van der Waals surface area contributed by atoms with Gasteiger partial charge in [-0.3, -0.25) is 9.67 Å². The summed E-state index contributed by atoms with van der Waals surface area (Å²) in [6, 6.07) is 12.8. The zero-order valence-electron chi connectivity index (χ0n) is 18.3. The molecule has 1 unspecified atom stereocenters. The third-order valence-electron chi connectivity index (χ3n) is 5.57. The number of hydrogen-bond donors (Lipinski definition) is 3. The number of nitrogens with one attached hydrogen (secondary N) is 3. The van der Waals surface area contributed by atoms with Crippen molar-refractivity contribution >= 4 is 5.96 Å². The molecular formula is C23H36N6O. The molecular weight excluding hydrogens is 376 g/mol. The average Bonchev–Trinajstić information content (AvgIpc) is 3.30. The lowest BCUT2D eigenvalue weighted by Gasteiger charge is -2.39. The average molecular weight is 413 g/mol. The summed E-state index contributed by atoms with van der Waals surface area (Å²) < 4.78 is 7.61. The van der Waals surface area contributed by atoms with Crippen LogP contribution in [0.3, 0.4) is 0 Å². The third kappa shape index (κ3) is 6.85. The van der Waals surface area contributed by atoms with E-state index < -0.39 is 0 Å². The minimum Gasteiger partial charge on any atom is -0.381 e. The quantitative estimate of drug-likeness (QED) is 0.318. The largest absolute Gasteiger partial charge is 0.381 e. The molecule has 0 amide bonds. The Morgan fingerprint density at radius 1 is 1.20 bits per heavy atom. The summed E-state index contributed by atoms with van der Waals surface area (Å²) in [5, 5.41) is 15.0. The van der Waals surface area contributed by atoms with Crippen molar-refractivity contribution in [2.45, 2.75) is 51.2 Å². The highest BCUT2D eigenvalue weighted by Crippen LogP contribution is 2.26. The van der Waals surface area contributed by atoms with Gasteiger partial charge in [0.25, 0.3) is 0 Å². The lowest BCUT2D eigenvalue weighted by Crippen LogP contribution is -2.53. The number of hydrogen-bond acceptors (Lipinski definition) is 4. The summed E-state index contributed by atoms with van der Waals surface area (Å²) >= 11 is 0. The van der Waals surface area contributed by atoms with Gasteiger partial charge in [0.15, 0.2) is 5.96 Å². The minimum absolute atomic E-state index is 0.0507. The van der Waals surface area contributed by atoms with Crippen LogP contribution in [0.15, 0.2) is 53.8 Å². The standard InChI is InChI=1S/C23H36N6O/c1-3-24-22(25-13-7-15-29-16-8-14-27-29)26-19-23(11-17-30-18-12-23)28-20(2)21-9-5-4-6-10-21/h4-6,8-10,14,16,20,28H,3,7,11-13,15,17-19H2,1-2H3,(H2,24,25,26). The predicted molar refractivity (Wildman–Crippen MR) is 122 cm³/mol. The normalized spacial score (nSPS) is 17.5. The monoisotopic (exact) mass is 412 g/mol. The van der Waals surface area contributed by atoms with Crippen LogP contribution in [0.25, 0.3) is 0 Å². The molecule has 0 aliphatic carbocycles. The third-order valence-corrected chi connectivity index (χ3v) is 5.57. The van der Waals surface area contributed by atoms with E-state index in [1.165, 1.54) is 5.56 Å². The molecule has 0 radical (unpaired) electrons. The second-order valence-electron chi connectivity index (χ2n) is 7.91. The number of aromatic nitrogens is 2. The van der Waals surface area contributed by atoms with Crippen molar-refractivity contribution in [3.05, 3.63) is 54.4 Å². The number of aryl methyl sites for hydroxylation is 1. The molecule has 1 aliphatic heterocycles. The van der Waals surface area contributed by atoms with Crippen LogP contribution < -0.4 is 16.0 Å². The van der Waals surface area contributed by atoms with Crippen molar-refractivity contribution in [3.8, 4) is 0 Å². The molecule has 164 valence electrons. The summed E-state index contributed by atoms with van der Waals surface area (Å²) in [4.78, 5) is 4.94. The van der Waals surface area contributed by atoms with E-state index >= 15 is 0 Å². The fraction of sp³-hybridized carbons (Fsp3) is 0.565. The van der Waals surface area contributed by atoms with Crippen LogP contribution >= 0.6 is 0 Å². The van der Waals surface area contributed by atoms with Crippen LogP contribution in [0.5, 0.6) is 0 Å². The van der Waals surface area contributed by atoms with E-state index in [2.05, 4.69) is 65.2 Å². The van der Waals surface area contributed by atoms with Crippen LogP contribution in [0, 0.1) is 0 Å². The second kappa shape index (κ2) is 11.7. The zero-order chi connectivity index (χ0) is 21.1. The Hall–Kier alpha value is -2.38. The molecule has 0 spiro atoms. The maximum absolute atomic E-state index is 5.65. The number of nitrogens with zero attached hydrogens (tertiary/aromatic N) is 3. The molecule has 3 rings (SSSR count). The number of rotatable bonds is 10. The van der Waals surface area contributed by atoms with Crippen LogP contribution in [0.1, 0.15) is 44.7 Å². The molecule has 2 heterocycles. The van der Waals surface area contributed by atoms with Gasteiger partial charge < -0.3 is 20.7 Å². The Kier molecular flexibility index (Phi) is 8.71. The van der Waals surface area contributed by atoms with Gasteiger partial charge in [0.05, 0.1) is 6.54 Å². The Morgan fingerprint density at radius 3 is 2.70 bits per heavy atom. The summed E-state index contributed by atoms with van der Waals surface area (Å²) in [7, 11) is 0. The molecule has 2 aromatic rings. The molecule has 1 aliphatic rings. The number of guanidine groups is 1. The molecule has 3 N–H and O–H groups in total. The molecule has 1 aromatic carbocycles. The van der Waals surface area contributed by atoms with Crippen molar-refractivity contribution in [1.29, 1.82) is 0 Å². The molecule has 7 nitrogen and oxygen atoms in total. The first-order valence-corrected chi connectivity index (χ1v) is 11.1. The van der Waals surface area contributed by atoms with Crippen LogP contribution in [0.4, 0.5) is 0 Å². The van der Waals surface area contributed by atoms with Crippen molar-refractivity contribution in [2.75, 3.05) is 32.8 Å². The zero-order valence-corrected chi connectivity index (χ0v) is 18.3. The fourth-order valence-corrected chi connectivity index (χ4v) is 3.85. The van der Waals surface area contributed by atoms with Gasteiger partial charge >= 0.3 is 0 Å². The van der Waals surface area contributed by atoms with Gasteiger partial charge in [0.2, 0.25) is 0 Å². The van der Waals surface area contributed by atoms with Gasteiger partial charge in [0.1, 0.15) is 0 Å². The Morgan fingerprint density at radius 2 is 2.00 bits per heavy atom. The predicted octanol–water partition coefficient (Wildman–Crippen LogP) is 2.73. The summed E-state index contributed by atoms with van der Waals surface area (Å²) in [5.74, 6) is 0.873. The van der Waals surface area contributed by atoms with Gasteiger partial charge in [-0.2, -0.15) is 5.10 Å². The molecule has 0 saturated carbocycles. The molecule has 30 heavy (non-hydrogen) atoms. The van der Waals surface area contributed by atoms with E-state index in [1.807, 2.05) is 23.1 Å². The molecule has 1 saturated heterocycles. The number of benzene rings is 1. The molecule has 1 atom stereocenters. The molecule has 7 heteroatoms. The lowest BCUT2D eigenvalue weighted by molar-refractivity contribution is 0.0374. The highest BCUT2D eigenvalue weighted by atomic mass is 16.5.